The molecule has 0 aliphatic rings. The zero-order valence-electron chi connectivity index (χ0n) is 11.0. The number of rotatable bonds is 5. The molecule has 0 N–H and O–H groups in total. The molecular weight excluding hydrogens is 240 g/mol. The van der Waals surface area contributed by atoms with Crippen LogP contribution in [0.3, 0.4) is 0 Å². The number of carbonyl (C=O) groups excluding carboxylic acids is 1. The van der Waals surface area contributed by atoms with Crippen LogP contribution in [0.25, 0.3) is 0 Å². The van der Waals surface area contributed by atoms with Crippen LogP contribution >= 0.6 is 0 Å². The van der Waals surface area contributed by atoms with Crippen LogP contribution in [0.15, 0.2) is 0 Å². The van der Waals surface area contributed by atoms with Crippen LogP contribution in [-0.2, 0) is 14.6 Å². The van der Waals surface area contributed by atoms with E-state index in [4.69, 9.17) is 5.26 Å². The summed E-state index contributed by atoms with van der Waals surface area (Å²) in [6.07, 6.45) is 1.05. The first kappa shape index (κ1) is 15.9. The van der Waals surface area contributed by atoms with Crippen molar-refractivity contribution < 1.29 is 13.2 Å². The van der Waals surface area contributed by atoms with E-state index in [0.717, 1.165) is 6.26 Å². The topological polar surface area (TPSA) is 78.2 Å². The quantitative estimate of drug-likeness (QED) is 0.733. The second-order valence-corrected chi connectivity index (χ2v) is 7.22. The zero-order chi connectivity index (χ0) is 13.9. The average Bonchev–Trinajstić information content (AvgIpc) is 2.22. The van der Waals surface area contributed by atoms with Gasteiger partial charge in [0, 0.05) is 19.3 Å². The Morgan fingerprint density at radius 1 is 1.47 bits per heavy atom. The van der Waals surface area contributed by atoms with Gasteiger partial charge in [0.25, 0.3) is 0 Å². The SMILES string of the molecule is CCN(CC(C)C#N)C(=O)C(C)(C)S(C)(=O)=O. The standard InChI is InChI=1S/C11H20N2O3S/c1-6-13(8-9(2)7-12)10(14)11(3,4)17(5,15)16/h9H,6,8H2,1-5H3. The molecule has 0 aromatic carbocycles. The summed E-state index contributed by atoms with van der Waals surface area (Å²) in [6, 6.07) is 2.03. The van der Waals surface area contributed by atoms with E-state index >= 15 is 0 Å². The van der Waals surface area contributed by atoms with Crippen molar-refractivity contribution >= 4 is 15.7 Å². The average molecular weight is 260 g/mol. The molecule has 1 atom stereocenters. The van der Waals surface area contributed by atoms with Crippen LogP contribution in [0.2, 0.25) is 0 Å². The van der Waals surface area contributed by atoms with Crippen molar-refractivity contribution in [2.45, 2.75) is 32.4 Å². The first-order valence-corrected chi connectivity index (χ1v) is 7.35. The lowest BCUT2D eigenvalue weighted by atomic mass is 10.1. The van der Waals surface area contributed by atoms with E-state index in [1.54, 1.807) is 13.8 Å². The predicted octanol–water partition coefficient (Wildman–Crippen LogP) is 0.818. The highest BCUT2D eigenvalue weighted by molar-refractivity contribution is 7.92. The van der Waals surface area contributed by atoms with Crippen LogP contribution in [0.4, 0.5) is 0 Å². The summed E-state index contributed by atoms with van der Waals surface area (Å²) in [5.74, 6) is -0.765. The molecule has 17 heavy (non-hydrogen) atoms. The van der Waals surface area contributed by atoms with Crippen molar-refractivity contribution in [1.82, 2.24) is 4.90 Å². The number of amides is 1. The molecule has 0 bridgehead atoms. The molecule has 0 spiro atoms. The van der Waals surface area contributed by atoms with Gasteiger partial charge in [-0.2, -0.15) is 5.26 Å². The van der Waals surface area contributed by atoms with Gasteiger partial charge < -0.3 is 4.90 Å². The van der Waals surface area contributed by atoms with Crippen molar-refractivity contribution in [2.75, 3.05) is 19.3 Å². The fraction of sp³-hybridized carbons (Fsp3) is 0.818. The van der Waals surface area contributed by atoms with E-state index < -0.39 is 20.5 Å². The Kier molecular flexibility index (Phi) is 5.14. The van der Waals surface area contributed by atoms with Crippen molar-refractivity contribution in [3.05, 3.63) is 0 Å². The van der Waals surface area contributed by atoms with E-state index in [9.17, 15) is 13.2 Å². The largest absolute Gasteiger partial charge is 0.340 e. The molecule has 1 unspecified atom stereocenters. The third-order valence-corrected chi connectivity index (χ3v) is 4.85. The Labute approximate surface area is 103 Å². The van der Waals surface area contributed by atoms with Gasteiger partial charge >= 0.3 is 0 Å². The Balaban J connectivity index is 5.08. The molecule has 0 heterocycles. The molecule has 0 rings (SSSR count). The van der Waals surface area contributed by atoms with Gasteiger partial charge in [0.05, 0.1) is 12.0 Å². The molecular formula is C11H20N2O3S. The summed E-state index contributed by atoms with van der Waals surface area (Å²) >= 11 is 0. The van der Waals surface area contributed by atoms with Crippen molar-refractivity contribution in [3.8, 4) is 6.07 Å². The smallest absolute Gasteiger partial charge is 0.243 e. The molecule has 1 amide bonds. The number of nitriles is 1. The molecule has 5 nitrogen and oxygen atoms in total. The number of sulfone groups is 1. The minimum atomic E-state index is -3.47. The molecule has 0 aromatic rings. The summed E-state index contributed by atoms with van der Waals surface area (Å²) in [4.78, 5) is 13.5. The monoisotopic (exact) mass is 260 g/mol. The molecule has 0 aliphatic carbocycles. The summed E-state index contributed by atoms with van der Waals surface area (Å²) in [7, 11) is -3.47. The summed E-state index contributed by atoms with van der Waals surface area (Å²) in [5.41, 5.74) is 0. The molecule has 0 saturated heterocycles. The summed E-state index contributed by atoms with van der Waals surface area (Å²) < 4.78 is 21.7. The van der Waals surface area contributed by atoms with Gasteiger partial charge in [-0.25, -0.2) is 8.42 Å². The van der Waals surface area contributed by atoms with Crippen molar-refractivity contribution in [3.63, 3.8) is 0 Å². The Hall–Kier alpha value is -1.09. The van der Waals surface area contributed by atoms with Gasteiger partial charge in [0.2, 0.25) is 5.91 Å². The van der Waals surface area contributed by atoms with Crippen LogP contribution in [0.5, 0.6) is 0 Å². The van der Waals surface area contributed by atoms with Crippen molar-refractivity contribution in [2.24, 2.45) is 5.92 Å². The number of hydrogen-bond donors (Lipinski definition) is 0. The minimum absolute atomic E-state index is 0.255. The van der Waals surface area contributed by atoms with E-state index in [1.807, 2.05) is 6.07 Å². The third-order valence-electron chi connectivity index (χ3n) is 2.83. The normalized spacial score (nSPS) is 13.9. The van der Waals surface area contributed by atoms with Crippen molar-refractivity contribution in [1.29, 1.82) is 5.26 Å². The molecule has 0 saturated carbocycles. The fourth-order valence-corrected chi connectivity index (χ4v) is 1.71. The lowest BCUT2D eigenvalue weighted by Crippen LogP contribution is -2.50. The van der Waals surface area contributed by atoms with E-state index in [1.165, 1.54) is 18.7 Å². The Morgan fingerprint density at radius 2 is 1.94 bits per heavy atom. The molecule has 0 aromatic heterocycles. The Bertz CT molecular complexity index is 420. The van der Waals surface area contributed by atoms with Gasteiger partial charge in [0.15, 0.2) is 9.84 Å². The number of nitrogens with zero attached hydrogens (tertiary/aromatic N) is 2. The minimum Gasteiger partial charge on any atom is -0.340 e. The maximum atomic E-state index is 12.1. The zero-order valence-corrected chi connectivity index (χ0v) is 11.8. The van der Waals surface area contributed by atoms with Crippen LogP contribution in [0.1, 0.15) is 27.7 Å². The molecule has 98 valence electrons. The molecule has 0 aliphatic heterocycles. The molecule has 0 radical (unpaired) electrons. The second-order valence-electron chi connectivity index (χ2n) is 4.66. The summed E-state index contributed by atoms with van der Waals surface area (Å²) in [6.45, 7) is 6.90. The first-order valence-electron chi connectivity index (χ1n) is 5.46. The molecule has 6 heteroatoms. The van der Waals surface area contributed by atoms with Crippen LogP contribution in [-0.4, -0.2) is 43.3 Å². The maximum absolute atomic E-state index is 12.1. The molecule has 0 fully saturated rings. The van der Waals surface area contributed by atoms with Gasteiger partial charge in [0.1, 0.15) is 4.75 Å². The van der Waals surface area contributed by atoms with Gasteiger partial charge in [-0.05, 0) is 27.7 Å². The lowest BCUT2D eigenvalue weighted by Gasteiger charge is -2.30. The number of carbonyl (C=O) groups is 1. The highest BCUT2D eigenvalue weighted by Crippen LogP contribution is 2.19. The van der Waals surface area contributed by atoms with E-state index in [2.05, 4.69) is 0 Å². The first-order chi connectivity index (χ1) is 7.57. The second kappa shape index (κ2) is 5.50. The highest BCUT2D eigenvalue weighted by Gasteiger charge is 2.41. The highest BCUT2D eigenvalue weighted by atomic mass is 32.2. The predicted molar refractivity (Wildman–Crippen MR) is 66.0 cm³/mol. The van der Waals surface area contributed by atoms with Crippen LogP contribution in [0, 0.1) is 17.2 Å². The number of hydrogen-bond acceptors (Lipinski definition) is 4. The Morgan fingerprint density at radius 3 is 2.24 bits per heavy atom. The maximum Gasteiger partial charge on any atom is 0.243 e. The van der Waals surface area contributed by atoms with Gasteiger partial charge in [-0.1, -0.05) is 0 Å². The van der Waals surface area contributed by atoms with Gasteiger partial charge in [-0.15, -0.1) is 0 Å². The van der Waals surface area contributed by atoms with E-state index in [0.29, 0.717) is 6.54 Å². The summed E-state index contributed by atoms with van der Waals surface area (Å²) in [5, 5.41) is 8.72. The third kappa shape index (κ3) is 3.70. The van der Waals surface area contributed by atoms with Crippen LogP contribution < -0.4 is 0 Å². The van der Waals surface area contributed by atoms with Gasteiger partial charge in [-0.3, -0.25) is 4.79 Å². The fourth-order valence-electron chi connectivity index (χ4n) is 1.27. The lowest BCUT2D eigenvalue weighted by molar-refractivity contribution is -0.133. The van der Waals surface area contributed by atoms with E-state index in [-0.39, 0.29) is 12.5 Å².